The van der Waals surface area contributed by atoms with E-state index in [1.54, 1.807) is 32.9 Å². The standard InChI is InChI=1S/C29H29Cl3F3N3O4S/c1-18(27(40)36-28(2,3)4)37(16-19-10-12-21(30)15-24(19)32)26(39)17-38(43(41,42)22-8-6-5-7-9-22)25-14-20(29(33,34)35)11-13-23(25)31/h5-15,18H,16-17H2,1-4H3,(H,36,40). The normalized spacial score (nSPS) is 12.9. The summed E-state index contributed by atoms with van der Waals surface area (Å²) in [6, 6.07) is 12.4. The first-order chi connectivity index (χ1) is 19.8. The first kappa shape index (κ1) is 34.5. The zero-order valence-corrected chi connectivity index (χ0v) is 26.6. The Balaban J connectivity index is 2.15. The van der Waals surface area contributed by atoms with E-state index >= 15 is 0 Å². The predicted octanol–water partition coefficient (Wildman–Crippen LogP) is 7.19. The third-order valence-electron chi connectivity index (χ3n) is 6.17. The van der Waals surface area contributed by atoms with Crippen molar-refractivity contribution in [2.75, 3.05) is 10.8 Å². The number of carbonyl (C=O) groups is 2. The molecule has 1 atom stereocenters. The molecule has 2 amide bonds. The molecule has 232 valence electrons. The fourth-order valence-corrected chi connectivity index (χ4v) is 6.19. The maximum atomic E-state index is 14.0. The highest BCUT2D eigenvalue weighted by molar-refractivity contribution is 7.92. The van der Waals surface area contributed by atoms with Crippen LogP contribution in [0.2, 0.25) is 15.1 Å². The third-order valence-corrected chi connectivity index (χ3v) is 8.85. The summed E-state index contributed by atoms with van der Waals surface area (Å²) in [6.45, 7) is 5.42. The second-order valence-corrected chi connectivity index (χ2v) is 13.8. The summed E-state index contributed by atoms with van der Waals surface area (Å²) in [7, 11) is -4.64. The van der Waals surface area contributed by atoms with Gasteiger partial charge in [-0.15, -0.1) is 0 Å². The van der Waals surface area contributed by atoms with Gasteiger partial charge >= 0.3 is 6.18 Å². The zero-order valence-electron chi connectivity index (χ0n) is 23.5. The number of nitrogens with one attached hydrogen (secondary N) is 1. The van der Waals surface area contributed by atoms with Gasteiger partial charge in [0.1, 0.15) is 12.6 Å². The number of amides is 2. The predicted molar refractivity (Wildman–Crippen MR) is 162 cm³/mol. The Labute approximate surface area is 263 Å². The molecule has 3 rings (SSSR count). The van der Waals surface area contributed by atoms with Crippen LogP contribution < -0.4 is 9.62 Å². The van der Waals surface area contributed by atoms with Crippen LogP contribution in [0.15, 0.2) is 71.6 Å². The number of rotatable bonds is 9. The molecule has 0 aliphatic heterocycles. The average Bonchev–Trinajstić information content (AvgIpc) is 2.90. The fourth-order valence-electron chi connectivity index (χ4n) is 4.00. The van der Waals surface area contributed by atoms with Gasteiger partial charge in [0.25, 0.3) is 10.0 Å². The van der Waals surface area contributed by atoms with Gasteiger partial charge < -0.3 is 10.2 Å². The summed E-state index contributed by atoms with van der Waals surface area (Å²) in [5, 5.41) is 2.94. The number of sulfonamides is 1. The molecule has 0 aromatic heterocycles. The first-order valence-corrected chi connectivity index (χ1v) is 15.4. The van der Waals surface area contributed by atoms with Crippen LogP contribution in [-0.2, 0) is 32.3 Å². The number of nitrogens with zero attached hydrogens (tertiary/aromatic N) is 2. The molecule has 14 heteroatoms. The van der Waals surface area contributed by atoms with Crippen LogP contribution in [0.5, 0.6) is 0 Å². The molecule has 0 bridgehead atoms. The molecule has 7 nitrogen and oxygen atoms in total. The van der Waals surface area contributed by atoms with E-state index in [4.69, 9.17) is 34.8 Å². The van der Waals surface area contributed by atoms with Gasteiger partial charge in [-0.1, -0.05) is 59.1 Å². The van der Waals surface area contributed by atoms with Crippen LogP contribution in [0.25, 0.3) is 0 Å². The average molecular weight is 679 g/mol. The SMILES string of the molecule is CC(C(=O)NC(C)(C)C)N(Cc1ccc(Cl)cc1Cl)C(=O)CN(c1cc(C(F)(F)F)ccc1Cl)S(=O)(=O)c1ccccc1. The van der Waals surface area contributed by atoms with Gasteiger partial charge in [-0.05, 0) is 75.7 Å². The van der Waals surface area contributed by atoms with E-state index in [2.05, 4.69) is 5.32 Å². The number of hydrogen-bond acceptors (Lipinski definition) is 4. The highest BCUT2D eigenvalue weighted by atomic mass is 35.5. The fraction of sp³-hybridized carbons (Fsp3) is 0.310. The number of alkyl halides is 3. The lowest BCUT2D eigenvalue weighted by molar-refractivity contribution is -0.140. The van der Waals surface area contributed by atoms with Crippen molar-refractivity contribution in [2.24, 2.45) is 0 Å². The molecular formula is C29H29Cl3F3N3O4S. The topological polar surface area (TPSA) is 86.8 Å². The van der Waals surface area contributed by atoms with Crippen LogP contribution in [0.3, 0.4) is 0 Å². The Morgan fingerprint density at radius 2 is 1.53 bits per heavy atom. The van der Waals surface area contributed by atoms with E-state index in [1.807, 2.05) is 0 Å². The molecule has 0 aliphatic rings. The van der Waals surface area contributed by atoms with Crippen LogP contribution >= 0.6 is 34.8 Å². The molecule has 0 radical (unpaired) electrons. The minimum atomic E-state index is -4.83. The van der Waals surface area contributed by atoms with Crippen molar-refractivity contribution in [3.8, 4) is 0 Å². The molecule has 3 aromatic carbocycles. The Morgan fingerprint density at radius 1 is 0.907 bits per heavy atom. The molecule has 0 aliphatic carbocycles. The highest BCUT2D eigenvalue weighted by Gasteiger charge is 2.37. The van der Waals surface area contributed by atoms with Crippen molar-refractivity contribution < 1.29 is 31.2 Å². The molecule has 0 saturated carbocycles. The maximum Gasteiger partial charge on any atom is 0.416 e. The molecule has 3 aromatic rings. The van der Waals surface area contributed by atoms with E-state index in [0.29, 0.717) is 27.0 Å². The van der Waals surface area contributed by atoms with Gasteiger partial charge in [0.15, 0.2) is 0 Å². The summed E-state index contributed by atoms with van der Waals surface area (Å²) < 4.78 is 69.2. The summed E-state index contributed by atoms with van der Waals surface area (Å²) in [5.41, 5.74) is -2.02. The monoisotopic (exact) mass is 677 g/mol. The Kier molecular flexibility index (Phi) is 10.7. The molecule has 0 fully saturated rings. The Hall–Kier alpha value is -2.99. The molecule has 0 heterocycles. The maximum absolute atomic E-state index is 14.0. The largest absolute Gasteiger partial charge is 0.416 e. The summed E-state index contributed by atoms with van der Waals surface area (Å²) in [4.78, 5) is 28.0. The quantitative estimate of drug-likeness (QED) is 0.260. The molecule has 1 unspecified atom stereocenters. The van der Waals surface area contributed by atoms with Crippen molar-refractivity contribution in [1.29, 1.82) is 0 Å². The second-order valence-electron chi connectivity index (χ2n) is 10.7. The molecule has 0 saturated heterocycles. The lowest BCUT2D eigenvalue weighted by Crippen LogP contribution is -2.54. The third kappa shape index (κ3) is 8.78. The minimum Gasteiger partial charge on any atom is -0.350 e. The van der Waals surface area contributed by atoms with Crippen molar-refractivity contribution >= 4 is 62.3 Å². The van der Waals surface area contributed by atoms with Crippen LogP contribution in [0, 0.1) is 0 Å². The molecule has 0 spiro atoms. The summed E-state index contributed by atoms with van der Waals surface area (Å²) in [5.74, 6) is -1.46. The van der Waals surface area contributed by atoms with Crippen LogP contribution in [0.4, 0.5) is 18.9 Å². The van der Waals surface area contributed by atoms with Crippen molar-refractivity contribution in [2.45, 2.75) is 56.9 Å². The van der Waals surface area contributed by atoms with Crippen molar-refractivity contribution in [1.82, 2.24) is 10.2 Å². The first-order valence-electron chi connectivity index (χ1n) is 12.8. The Morgan fingerprint density at radius 3 is 2.09 bits per heavy atom. The summed E-state index contributed by atoms with van der Waals surface area (Å²) in [6.07, 6.45) is -4.83. The van der Waals surface area contributed by atoms with Gasteiger partial charge in [0.2, 0.25) is 11.8 Å². The van der Waals surface area contributed by atoms with Crippen molar-refractivity contribution in [3.05, 3.63) is 92.9 Å². The lowest BCUT2D eigenvalue weighted by atomic mass is 10.1. The number of anilines is 1. The summed E-state index contributed by atoms with van der Waals surface area (Å²) >= 11 is 18.6. The number of carbonyl (C=O) groups excluding carboxylic acids is 2. The van der Waals surface area contributed by atoms with Gasteiger partial charge in [0, 0.05) is 22.1 Å². The van der Waals surface area contributed by atoms with Crippen molar-refractivity contribution in [3.63, 3.8) is 0 Å². The zero-order chi connectivity index (χ0) is 32.3. The van der Waals surface area contributed by atoms with E-state index < -0.39 is 57.4 Å². The van der Waals surface area contributed by atoms with E-state index in [1.165, 1.54) is 43.3 Å². The van der Waals surface area contributed by atoms with Crippen LogP contribution in [-0.4, -0.2) is 43.3 Å². The molecular weight excluding hydrogens is 650 g/mol. The van der Waals surface area contributed by atoms with Crippen LogP contribution in [0.1, 0.15) is 38.8 Å². The van der Waals surface area contributed by atoms with Gasteiger partial charge in [0.05, 0.1) is 21.2 Å². The Bertz CT molecular complexity index is 1600. The second kappa shape index (κ2) is 13.3. The lowest BCUT2D eigenvalue weighted by Gasteiger charge is -2.34. The van der Waals surface area contributed by atoms with Gasteiger partial charge in [-0.3, -0.25) is 13.9 Å². The smallest absolute Gasteiger partial charge is 0.350 e. The van der Waals surface area contributed by atoms with E-state index in [9.17, 15) is 31.2 Å². The number of hydrogen-bond donors (Lipinski definition) is 1. The number of halogens is 6. The molecule has 43 heavy (non-hydrogen) atoms. The highest BCUT2D eigenvalue weighted by Crippen LogP contribution is 2.37. The van der Waals surface area contributed by atoms with E-state index in [-0.39, 0.29) is 21.5 Å². The molecule has 1 N–H and O–H groups in total. The minimum absolute atomic E-state index is 0.184. The van der Waals surface area contributed by atoms with E-state index in [0.717, 1.165) is 11.0 Å². The van der Waals surface area contributed by atoms with Gasteiger partial charge in [-0.2, -0.15) is 13.2 Å². The number of benzene rings is 3. The van der Waals surface area contributed by atoms with Gasteiger partial charge in [-0.25, -0.2) is 8.42 Å².